The van der Waals surface area contributed by atoms with Crippen molar-refractivity contribution in [2.75, 3.05) is 7.05 Å². The number of likely N-dealkylation sites (N-methyl/N-ethyl adjacent to an activating group) is 1. The lowest BCUT2D eigenvalue weighted by atomic mass is 10.1. The normalized spacial score (nSPS) is 11.8. The number of hydrogen-bond acceptors (Lipinski definition) is 2. The van der Waals surface area contributed by atoms with Gasteiger partial charge >= 0.3 is 0 Å². The fourth-order valence-corrected chi connectivity index (χ4v) is 2.28. The quantitative estimate of drug-likeness (QED) is 0.808. The first-order chi connectivity index (χ1) is 11.0. The van der Waals surface area contributed by atoms with E-state index in [0.717, 1.165) is 5.56 Å². The van der Waals surface area contributed by atoms with Crippen LogP contribution >= 0.6 is 0 Å². The molecule has 4 heteroatoms. The van der Waals surface area contributed by atoms with Crippen molar-refractivity contribution in [3.8, 4) is 5.75 Å². The van der Waals surface area contributed by atoms with Crippen LogP contribution in [-0.4, -0.2) is 24.0 Å². The monoisotopic (exact) mass is 315 g/mol. The van der Waals surface area contributed by atoms with Gasteiger partial charge in [-0.3, -0.25) is 4.79 Å². The van der Waals surface area contributed by atoms with E-state index in [-0.39, 0.29) is 11.7 Å². The van der Waals surface area contributed by atoms with Crippen molar-refractivity contribution < 1.29 is 13.9 Å². The fourth-order valence-electron chi connectivity index (χ4n) is 2.28. The summed E-state index contributed by atoms with van der Waals surface area (Å²) in [5, 5.41) is 0. The molecule has 0 radical (unpaired) electrons. The highest BCUT2D eigenvalue weighted by molar-refractivity contribution is 5.81. The Labute approximate surface area is 136 Å². The van der Waals surface area contributed by atoms with Gasteiger partial charge in [-0.05, 0) is 43.2 Å². The van der Waals surface area contributed by atoms with Gasteiger partial charge in [-0.15, -0.1) is 0 Å². The smallest absolute Gasteiger partial charge is 0.263 e. The highest BCUT2D eigenvalue weighted by Crippen LogP contribution is 2.16. The number of halogens is 1. The molecule has 0 fully saturated rings. The Hall–Kier alpha value is -2.36. The molecule has 0 saturated heterocycles. The number of rotatable bonds is 6. The number of carbonyl (C=O) groups is 1. The zero-order chi connectivity index (χ0) is 16.8. The van der Waals surface area contributed by atoms with Crippen molar-refractivity contribution >= 4 is 5.91 Å². The molecule has 0 N–H and O–H groups in total. The molecule has 0 spiro atoms. The van der Waals surface area contributed by atoms with Crippen LogP contribution in [0.5, 0.6) is 5.75 Å². The minimum absolute atomic E-state index is 0.0857. The van der Waals surface area contributed by atoms with Crippen LogP contribution in [0.1, 0.15) is 24.5 Å². The van der Waals surface area contributed by atoms with Crippen LogP contribution in [0.2, 0.25) is 0 Å². The summed E-state index contributed by atoms with van der Waals surface area (Å²) in [6.45, 7) is 4.45. The first kappa shape index (κ1) is 17.0. The molecule has 0 aliphatic heterocycles. The fraction of sp³-hybridized carbons (Fsp3) is 0.316. The Morgan fingerprint density at radius 3 is 2.30 bits per heavy atom. The van der Waals surface area contributed by atoms with Gasteiger partial charge < -0.3 is 9.64 Å². The second-order valence-corrected chi connectivity index (χ2v) is 5.65. The molecule has 0 saturated carbocycles. The summed E-state index contributed by atoms with van der Waals surface area (Å²) >= 11 is 0. The number of benzene rings is 2. The van der Waals surface area contributed by atoms with Gasteiger partial charge in [-0.25, -0.2) is 4.39 Å². The standard InChI is InChI=1S/C19H22FNO2/c1-4-18(23-17-11-9-16(20)10-12-17)19(22)21(3)13-15-7-5-14(2)6-8-15/h5-12,18H,4,13H2,1-3H3/t18-/m1/s1. The Balaban J connectivity index is 2.00. The molecular formula is C19H22FNO2. The van der Waals surface area contributed by atoms with E-state index in [1.54, 1.807) is 11.9 Å². The summed E-state index contributed by atoms with van der Waals surface area (Å²) in [5.74, 6) is 0.0842. The van der Waals surface area contributed by atoms with E-state index in [1.165, 1.54) is 29.8 Å². The summed E-state index contributed by atoms with van der Waals surface area (Å²) in [7, 11) is 1.76. The summed E-state index contributed by atoms with van der Waals surface area (Å²) in [4.78, 5) is 14.2. The maximum Gasteiger partial charge on any atom is 0.263 e. The summed E-state index contributed by atoms with van der Waals surface area (Å²) in [5.41, 5.74) is 2.26. The molecule has 0 aromatic heterocycles. The van der Waals surface area contributed by atoms with Crippen molar-refractivity contribution in [3.05, 3.63) is 65.5 Å². The molecule has 2 rings (SSSR count). The molecule has 122 valence electrons. The van der Waals surface area contributed by atoms with Crippen LogP contribution in [0.4, 0.5) is 4.39 Å². The molecule has 23 heavy (non-hydrogen) atoms. The van der Waals surface area contributed by atoms with E-state index in [2.05, 4.69) is 0 Å². The van der Waals surface area contributed by atoms with Crippen LogP contribution < -0.4 is 4.74 Å². The molecule has 0 bridgehead atoms. The van der Waals surface area contributed by atoms with Gasteiger partial charge in [-0.1, -0.05) is 36.8 Å². The van der Waals surface area contributed by atoms with Crippen molar-refractivity contribution in [2.45, 2.75) is 32.9 Å². The van der Waals surface area contributed by atoms with Crippen molar-refractivity contribution in [3.63, 3.8) is 0 Å². The van der Waals surface area contributed by atoms with Crippen LogP contribution in [0.25, 0.3) is 0 Å². The number of amides is 1. The van der Waals surface area contributed by atoms with Gasteiger partial charge in [0, 0.05) is 13.6 Å². The minimum Gasteiger partial charge on any atom is -0.481 e. The van der Waals surface area contributed by atoms with Crippen molar-refractivity contribution in [1.82, 2.24) is 4.90 Å². The van der Waals surface area contributed by atoms with Crippen LogP contribution in [-0.2, 0) is 11.3 Å². The third kappa shape index (κ3) is 4.81. The highest BCUT2D eigenvalue weighted by Gasteiger charge is 2.22. The Morgan fingerprint density at radius 1 is 1.13 bits per heavy atom. The maximum atomic E-state index is 12.9. The van der Waals surface area contributed by atoms with Gasteiger partial charge in [0.1, 0.15) is 11.6 Å². The largest absolute Gasteiger partial charge is 0.481 e. The summed E-state index contributed by atoms with van der Waals surface area (Å²) in [6, 6.07) is 13.8. The third-order valence-corrected chi connectivity index (χ3v) is 3.65. The molecule has 3 nitrogen and oxygen atoms in total. The zero-order valence-electron chi connectivity index (χ0n) is 13.8. The zero-order valence-corrected chi connectivity index (χ0v) is 13.8. The first-order valence-electron chi connectivity index (χ1n) is 7.72. The van der Waals surface area contributed by atoms with Crippen LogP contribution in [0.15, 0.2) is 48.5 Å². The summed E-state index contributed by atoms with van der Waals surface area (Å²) < 4.78 is 18.6. The Bertz CT molecular complexity index is 637. The van der Waals surface area contributed by atoms with Gasteiger partial charge in [0.25, 0.3) is 5.91 Å². The maximum absolute atomic E-state index is 12.9. The number of ether oxygens (including phenoxy) is 1. The molecule has 0 unspecified atom stereocenters. The van der Waals surface area contributed by atoms with Gasteiger partial charge in [0.15, 0.2) is 6.10 Å². The molecular weight excluding hydrogens is 293 g/mol. The average Bonchev–Trinajstić information content (AvgIpc) is 2.55. The van der Waals surface area contributed by atoms with Gasteiger partial charge in [0.05, 0.1) is 0 Å². The third-order valence-electron chi connectivity index (χ3n) is 3.65. The lowest BCUT2D eigenvalue weighted by Gasteiger charge is -2.24. The van der Waals surface area contributed by atoms with E-state index in [0.29, 0.717) is 18.7 Å². The molecule has 0 aliphatic carbocycles. The summed E-state index contributed by atoms with van der Waals surface area (Å²) in [6.07, 6.45) is -0.0232. The highest BCUT2D eigenvalue weighted by atomic mass is 19.1. The number of carbonyl (C=O) groups excluding carboxylic acids is 1. The molecule has 0 aliphatic rings. The predicted molar refractivity (Wildman–Crippen MR) is 88.8 cm³/mol. The van der Waals surface area contributed by atoms with Gasteiger partial charge in [0.2, 0.25) is 0 Å². The van der Waals surface area contributed by atoms with Crippen LogP contribution in [0.3, 0.4) is 0 Å². The Morgan fingerprint density at radius 2 is 1.74 bits per heavy atom. The van der Waals surface area contributed by atoms with Gasteiger partial charge in [-0.2, -0.15) is 0 Å². The first-order valence-corrected chi connectivity index (χ1v) is 7.72. The molecule has 1 amide bonds. The van der Waals surface area contributed by atoms with E-state index in [1.807, 2.05) is 38.1 Å². The molecule has 2 aromatic rings. The SMILES string of the molecule is CC[C@@H](Oc1ccc(F)cc1)C(=O)N(C)Cc1ccc(C)cc1. The number of aryl methyl sites for hydroxylation is 1. The second-order valence-electron chi connectivity index (χ2n) is 5.65. The lowest BCUT2D eigenvalue weighted by molar-refractivity contribution is -0.138. The topological polar surface area (TPSA) is 29.5 Å². The lowest BCUT2D eigenvalue weighted by Crippen LogP contribution is -2.39. The van der Waals surface area contributed by atoms with E-state index in [9.17, 15) is 9.18 Å². The van der Waals surface area contributed by atoms with Crippen LogP contribution in [0, 0.1) is 12.7 Å². The molecule has 1 atom stereocenters. The second kappa shape index (κ2) is 7.77. The number of nitrogens with zero attached hydrogens (tertiary/aromatic N) is 1. The van der Waals surface area contributed by atoms with E-state index >= 15 is 0 Å². The van der Waals surface area contributed by atoms with E-state index < -0.39 is 6.10 Å². The Kier molecular flexibility index (Phi) is 5.74. The predicted octanol–water partition coefficient (Wildman–Crippen LogP) is 3.95. The average molecular weight is 315 g/mol. The van der Waals surface area contributed by atoms with Crippen molar-refractivity contribution in [1.29, 1.82) is 0 Å². The number of hydrogen-bond donors (Lipinski definition) is 0. The molecule has 2 aromatic carbocycles. The van der Waals surface area contributed by atoms with E-state index in [4.69, 9.17) is 4.74 Å². The van der Waals surface area contributed by atoms with Crippen molar-refractivity contribution in [2.24, 2.45) is 0 Å². The molecule has 0 heterocycles. The minimum atomic E-state index is -0.573.